The third kappa shape index (κ3) is 4.00. The minimum atomic E-state index is -0.363. The summed E-state index contributed by atoms with van der Waals surface area (Å²) < 4.78 is 14.7. The van der Waals surface area contributed by atoms with Crippen LogP contribution in [0.25, 0.3) is 0 Å². The van der Waals surface area contributed by atoms with E-state index in [1.165, 1.54) is 12.1 Å². The molecule has 2 aromatic carbocycles. The number of hydrogen-bond donors (Lipinski definition) is 0. The van der Waals surface area contributed by atoms with Crippen LogP contribution >= 0.6 is 50.1 Å². The molecule has 2 rings (SSSR count). The lowest BCUT2D eigenvalue weighted by Gasteiger charge is -2.05. The SMILES string of the molecule is O=C(Cc1cc(F)cc(Br)c1)c1cc(Cl)ccc1I. The number of ketones is 1. The van der Waals surface area contributed by atoms with Gasteiger partial charge in [-0.2, -0.15) is 0 Å². The van der Waals surface area contributed by atoms with Crippen LogP contribution in [0.5, 0.6) is 0 Å². The highest BCUT2D eigenvalue weighted by Crippen LogP contribution is 2.21. The predicted octanol–water partition coefficient (Wildman–Crippen LogP) is 5.27. The van der Waals surface area contributed by atoms with E-state index >= 15 is 0 Å². The number of halogens is 4. The highest BCUT2D eigenvalue weighted by molar-refractivity contribution is 14.1. The Balaban J connectivity index is 2.28. The average molecular weight is 453 g/mol. The number of carbonyl (C=O) groups excluding carboxylic acids is 1. The van der Waals surface area contributed by atoms with Crippen molar-refractivity contribution in [2.75, 3.05) is 0 Å². The normalized spacial score (nSPS) is 10.5. The molecule has 0 fully saturated rings. The Bertz CT molecular complexity index is 625. The van der Waals surface area contributed by atoms with Crippen molar-refractivity contribution in [2.45, 2.75) is 6.42 Å². The monoisotopic (exact) mass is 452 g/mol. The molecule has 0 saturated carbocycles. The van der Waals surface area contributed by atoms with Crippen molar-refractivity contribution in [3.63, 3.8) is 0 Å². The molecule has 0 radical (unpaired) electrons. The van der Waals surface area contributed by atoms with Crippen LogP contribution in [0.3, 0.4) is 0 Å². The van der Waals surface area contributed by atoms with E-state index in [9.17, 15) is 9.18 Å². The van der Waals surface area contributed by atoms with Crippen molar-refractivity contribution < 1.29 is 9.18 Å². The van der Waals surface area contributed by atoms with Crippen molar-refractivity contribution in [1.29, 1.82) is 0 Å². The van der Waals surface area contributed by atoms with Crippen LogP contribution in [0.4, 0.5) is 4.39 Å². The van der Waals surface area contributed by atoms with E-state index in [-0.39, 0.29) is 18.0 Å². The molecule has 5 heteroatoms. The number of carbonyl (C=O) groups is 1. The molecule has 19 heavy (non-hydrogen) atoms. The van der Waals surface area contributed by atoms with Crippen molar-refractivity contribution in [1.82, 2.24) is 0 Å². The minimum Gasteiger partial charge on any atom is -0.294 e. The summed E-state index contributed by atoms with van der Waals surface area (Å²) in [5.74, 6) is -0.442. The molecule has 0 saturated heterocycles. The van der Waals surface area contributed by atoms with Crippen LogP contribution in [0.15, 0.2) is 40.9 Å². The van der Waals surface area contributed by atoms with Crippen molar-refractivity contribution in [3.8, 4) is 0 Å². The molecule has 0 aliphatic rings. The molecule has 1 nitrogen and oxygen atoms in total. The second kappa shape index (κ2) is 6.33. The number of rotatable bonds is 3. The average Bonchev–Trinajstić information content (AvgIpc) is 2.30. The van der Waals surface area contributed by atoms with E-state index < -0.39 is 0 Å². The van der Waals surface area contributed by atoms with Gasteiger partial charge in [-0.3, -0.25) is 4.79 Å². The molecule has 0 unspecified atom stereocenters. The molecule has 0 aliphatic carbocycles. The Kier molecular flexibility index (Phi) is 4.97. The Morgan fingerprint density at radius 3 is 2.68 bits per heavy atom. The fourth-order valence-corrected chi connectivity index (χ4v) is 3.03. The van der Waals surface area contributed by atoms with E-state index in [2.05, 4.69) is 38.5 Å². The first-order valence-electron chi connectivity index (χ1n) is 5.39. The minimum absolute atomic E-state index is 0.0793. The smallest absolute Gasteiger partial charge is 0.168 e. The van der Waals surface area contributed by atoms with Gasteiger partial charge in [0.15, 0.2) is 5.78 Å². The molecule has 98 valence electrons. The Morgan fingerprint density at radius 2 is 2.00 bits per heavy atom. The summed E-state index contributed by atoms with van der Waals surface area (Å²) in [6, 6.07) is 9.62. The second-order valence-corrected chi connectivity index (χ2v) is 6.52. The largest absolute Gasteiger partial charge is 0.294 e. The third-order valence-corrected chi connectivity index (χ3v) is 4.15. The lowest BCUT2D eigenvalue weighted by Crippen LogP contribution is -2.06. The van der Waals surface area contributed by atoms with Gasteiger partial charge >= 0.3 is 0 Å². The molecular weight excluding hydrogens is 445 g/mol. The van der Waals surface area contributed by atoms with E-state index in [0.717, 1.165) is 3.57 Å². The van der Waals surface area contributed by atoms with Gasteiger partial charge in [0.25, 0.3) is 0 Å². The van der Waals surface area contributed by atoms with Gasteiger partial charge in [-0.05, 0) is 64.6 Å². The van der Waals surface area contributed by atoms with E-state index in [1.54, 1.807) is 24.3 Å². The number of benzene rings is 2. The summed E-state index contributed by atoms with van der Waals surface area (Å²) in [5.41, 5.74) is 1.20. The molecular formula is C14H8BrClFIO. The van der Waals surface area contributed by atoms with Gasteiger partial charge in [-0.1, -0.05) is 27.5 Å². The molecule has 0 spiro atoms. The number of Topliss-reactive ketones (excluding diaryl/α,β-unsaturated/α-hetero) is 1. The summed E-state index contributed by atoms with van der Waals surface area (Å²) in [5, 5.41) is 0.518. The van der Waals surface area contributed by atoms with Crippen molar-refractivity contribution in [2.24, 2.45) is 0 Å². The van der Waals surface area contributed by atoms with E-state index in [0.29, 0.717) is 20.6 Å². The molecule has 0 heterocycles. The van der Waals surface area contributed by atoms with Crippen LogP contribution in [0, 0.1) is 9.39 Å². The molecule has 0 aliphatic heterocycles. The van der Waals surface area contributed by atoms with Gasteiger partial charge in [-0.15, -0.1) is 0 Å². The summed E-state index contributed by atoms with van der Waals surface area (Å²) >= 11 is 11.2. The lowest BCUT2D eigenvalue weighted by molar-refractivity contribution is 0.0992. The highest BCUT2D eigenvalue weighted by Gasteiger charge is 2.12. The van der Waals surface area contributed by atoms with Gasteiger partial charge < -0.3 is 0 Å². The maximum atomic E-state index is 13.3. The first kappa shape index (κ1) is 14.9. The zero-order chi connectivity index (χ0) is 14.0. The van der Waals surface area contributed by atoms with Crippen LogP contribution in [0.2, 0.25) is 5.02 Å². The van der Waals surface area contributed by atoms with Crippen molar-refractivity contribution >= 4 is 55.9 Å². The van der Waals surface area contributed by atoms with Gasteiger partial charge in [0, 0.05) is 25.0 Å². The highest BCUT2D eigenvalue weighted by atomic mass is 127. The standard InChI is InChI=1S/C14H8BrClFIO/c15-9-3-8(4-11(17)6-9)5-14(19)12-7-10(16)1-2-13(12)18/h1-4,6-7H,5H2. The van der Waals surface area contributed by atoms with E-state index in [1.807, 2.05) is 0 Å². The third-order valence-electron chi connectivity index (χ3n) is 2.52. The molecule has 0 N–H and O–H groups in total. The zero-order valence-corrected chi connectivity index (χ0v) is 14.1. The van der Waals surface area contributed by atoms with Gasteiger partial charge in [0.2, 0.25) is 0 Å². The Labute approximate surface area is 137 Å². The quantitative estimate of drug-likeness (QED) is 0.457. The number of hydrogen-bond acceptors (Lipinski definition) is 1. The Morgan fingerprint density at radius 1 is 1.26 bits per heavy atom. The maximum absolute atomic E-state index is 13.3. The van der Waals surface area contributed by atoms with Crippen LogP contribution in [-0.2, 0) is 6.42 Å². The second-order valence-electron chi connectivity index (χ2n) is 4.00. The predicted molar refractivity (Wildman–Crippen MR) is 86.3 cm³/mol. The molecule has 0 amide bonds. The molecule has 2 aromatic rings. The van der Waals surface area contributed by atoms with Crippen LogP contribution < -0.4 is 0 Å². The summed E-state index contributed by atoms with van der Waals surface area (Å²) in [7, 11) is 0. The summed E-state index contributed by atoms with van der Waals surface area (Å²) in [4.78, 5) is 12.2. The Hall–Kier alpha value is -0.460. The van der Waals surface area contributed by atoms with E-state index in [4.69, 9.17) is 11.6 Å². The molecule has 0 aromatic heterocycles. The van der Waals surface area contributed by atoms with Crippen molar-refractivity contribution in [3.05, 3.63) is 66.4 Å². The van der Waals surface area contributed by atoms with Gasteiger partial charge in [0.05, 0.1) is 0 Å². The molecule has 0 atom stereocenters. The first-order valence-corrected chi connectivity index (χ1v) is 7.64. The van der Waals surface area contributed by atoms with Gasteiger partial charge in [-0.25, -0.2) is 4.39 Å². The maximum Gasteiger partial charge on any atom is 0.168 e. The summed E-state index contributed by atoms with van der Waals surface area (Å²) in [6.07, 6.45) is 0.146. The zero-order valence-electron chi connectivity index (χ0n) is 9.59. The fourth-order valence-electron chi connectivity index (χ4n) is 1.70. The molecule has 0 bridgehead atoms. The fraction of sp³-hybridized carbons (Fsp3) is 0.0714. The van der Waals surface area contributed by atoms with Crippen LogP contribution in [0.1, 0.15) is 15.9 Å². The topological polar surface area (TPSA) is 17.1 Å². The lowest BCUT2D eigenvalue weighted by atomic mass is 10.0. The van der Waals surface area contributed by atoms with Gasteiger partial charge in [0.1, 0.15) is 5.82 Å². The summed E-state index contributed by atoms with van der Waals surface area (Å²) in [6.45, 7) is 0. The first-order chi connectivity index (χ1) is 8.95. The van der Waals surface area contributed by atoms with Crippen LogP contribution in [-0.4, -0.2) is 5.78 Å².